The van der Waals surface area contributed by atoms with Crippen molar-refractivity contribution in [3.63, 3.8) is 0 Å². The summed E-state index contributed by atoms with van der Waals surface area (Å²) in [7, 11) is 2.11. The van der Waals surface area contributed by atoms with E-state index in [9.17, 15) is 4.79 Å². The zero-order valence-corrected chi connectivity index (χ0v) is 20.2. The zero-order chi connectivity index (χ0) is 24.2. The van der Waals surface area contributed by atoms with E-state index in [4.69, 9.17) is 0 Å². The first-order valence-electron chi connectivity index (χ1n) is 12.1. The fraction of sp³-hybridized carbons (Fsp3) is 0.333. The molecule has 2 atom stereocenters. The molecule has 2 amide bonds. The minimum atomic E-state index is -0.220. The monoisotopic (exact) mass is 469 g/mol. The Kier molecular flexibility index (Phi) is 6.72. The fourth-order valence-electron chi connectivity index (χ4n) is 4.94. The van der Waals surface area contributed by atoms with Gasteiger partial charge < -0.3 is 10.2 Å². The van der Waals surface area contributed by atoms with Gasteiger partial charge in [0.1, 0.15) is 5.82 Å². The maximum atomic E-state index is 12.8. The molecule has 1 aliphatic heterocycles. The lowest BCUT2D eigenvalue weighted by molar-refractivity contribution is 0.245. The fourth-order valence-corrected chi connectivity index (χ4v) is 4.94. The molecule has 4 heterocycles. The molecule has 0 radical (unpaired) electrons. The van der Waals surface area contributed by atoms with Crippen LogP contribution in [0.1, 0.15) is 24.1 Å². The smallest absolute Gasteiger partial charge is 0.320 e. The van der Waals surface area contributed by atoms with Gasteiger partial charge in [-0.3, -0.25) is 10.3 Å². The lowest BCUT2D eigenvalue weighted by atomic mass is 9.95. The second kappa shape index (κ2) is 10.2. The third-order valence-electron chi connectivity index (χ3n) is 6.64. The van der Waals surface area contributed by atoms with Crippen LogP contribution < -0.4 is 10.6 Å². The number of hydrogen-bond acceptors (Lipinski definition) is 5. The number of hydrogen-bond donors (Lipinski definition) is 2. The summed E-state index contributed by atoms with van der Waals surface area (Å²) in [6.45, 7) is 3.80. The molecule has 0 aliphatic carbocycles. The molecule has 1 fully saturated rings. The van der Waals surface area contributed by atoms with Gasteiger partial charge in [-0.05, 0) is 62.9 Å². The van der Waals surface area contributed by atoms with E-state index in [0.29, 0.717) is 11.7 Å². The minimum absolute atomic E-state index is 0.122. The van der Waals surface area contributed by atoms with Gasteiger partial charge in [0.05, 0.1) is 23.6 Å². The first-order valence-corrected chi connectivity index (χ1v) is 12.1. The summed E-state index contributed by atoms with van der Waals surface area (Å²) in [5.74, 6) is 0.944. The van der Waals surface area contributed by atoms with E-state index in [1.165, 1.54) is 5.56 Å². The molecule has 4 aromatic rings. The molecular weight excluding hydrogens is 438 g/mol. The molecule has 180 valence electrons. The van der Waals surface area contributed by atoms with Crippen LogP contribution in [0.4, 0.5) is 10.6 Å². The number of anilines is 1. The average molecular weight is 470 g/mol. The molecule has 0 saturated carbocycles. The van der Waals surface area contributed by atoms with Crippen LogP contribution >= 0.6 is 0 Å². The second-order valence-corrected chi connectivity index (χ2v) is 9.40. The van der Waals surface area contributed by atoms with Crippen LogP contribution in [0.5, 0.6) is 0 Å². The van der Waals surface area contributed by atoms with Crippen molar-refractivity contribution in [3.05, 3.63) is 78.4 Å². The van der Waals surface area contributed by atoms with E-state index in [1.54, 1.807) is 18.6 Å². The zero-order valence-electron chi connectivity index (χ0n) is 20.2. The number of rotatable bonds is 7. The number of benzene rings is 1. The van der Waals surface area contributed by atoms with Crippen LogP contribution in [-0.4, -0.2) is 56.9 Å². The van der Waals surface area contributed by atoms with Crippen LogP contribution in [-0.2, 0) is 6.42 Å². The molecule has 35 heavy (non-hydrogen) atoms. The summed E-state index contributed by atoms with van der Waals surface area (Å²) >= 11 is 0. The number of likely N-dealkylation sites (N-methyl/N-ethyl adjacent to an activating group) is 1. The SMILES string of the molecule is Cc1cc(-n2ncc3cc(NC(=O)N[C@H]4CN(C)C[C@@H]4CCCc4ccccc4)ncc32)ccn1. The topological polar surface area (TPSA) is 88.0 Å². The Labute approximate surface area is 205 Å². The number of aryl methyl sites for hydroxylation is 2. The highest BCUT2D eigenvalue weighted by atomic mass is 16.2. The molecule has 0 bridgehead atoms. The summed E-state index contributed by atoms with van der Waals surface area (Å²) < 4.78 is 1.83. The van der Waals surface area contributed by atoms with E-state index < -0.39 is 0 Å². The third-order valence-corrected chi connectivity index (χ3v) is 6.64. The van der Waals surface area contributed by atoms with Gasteiger partial charge in [0.15, 0.2) is 0 Å². The molecule has 8 nitrogen and oxygen atoms in total. The summed E-state index contributed by atoms with van der Waals surface area (Å²) in [6.07, 6.45) is 8.55. The predicted octanol–water partition coefficient (Wildman–Crippen LogP) is 4.20. The van der Waals surface area contributed by atoms with Crippen molar-refractivity contribution >= 4 is 22.8 Å². The quantitative estimate of drug-likeness (QED) is 0.424. The summed E-state index contributed by atoms with van der Waals surface area (Å²) in [5, 5.41) is 11.5. The highest BCUT2D eigenvalue weighted by Gasteiger charge is 2.31. The maximum absolute atomic E-state index is 12.8. The largest absolute Gasteiger partial charge is 0.333 e. The number of likely N-dealkylation sites (tertiary alicyclic amines) is 1. The first kappa shape index (κ1) is 23.0. The lowest BCUT2D eigenvalue weighted by Crippen LogP contribution is -2.42. The molecule has 5 rings (SSSR count). The van der Waals surface area contributed by atoms with Gasteiger partial charge in [0.2, 0.25) is 0 Å². The average Bonchev–Trinajstić information content (AvgIpc) is 3.42. The molecule has 1 aliphatic rings. The summed E-state index contributed by atoms with van der Waals surface area (Å²) in [6, 6.07) is 16.2. The lowest BCUT2D eigenvalue weighted by Gasteiger charge is -2.20. The molecule has 8 heteroatoms. The van der Waals surface area contributed by atoms with Crippen molar-refractivity contribution in [2.24, 2.45) is 5.92 Å². The highest BCUT2D eigenvalue weighted by molar-refractivity contribution is 5.91. The maximum Gasteiger partial charge on any atom is 0.320 e. The van der Waals surface area contributed by atoms with Gasteiger partial charge >= 0.3 is 6.03 Å². The predicted molar refractivity (Wildman–Crippen MR) is 138 cm³/mol. The van der Waals surface area contributed by atoms with Crippen LogP contribution in [0.25, 0.3) is 16.6 Å². The van der Waals surface area contributed by atoms with Crippen molar-refractivity contribution in [1.82, 2.24) is 30.0 Å². The number of amides is 2. The summed E-state index contributed by atoms with van der Waals surface area (Å²) in [4.78, 5) is 23.8. The van der Waals surface area contributed by atoms with Crippen molar-refractivity contribution < 1.29 is 4.79 Å². The normalized spacial score (nSPS) is 18.1. The summed E-state index contributed by atoms with van der Waals surface area (Å²) in [5.41, 5.74) is 4.09. The van der Waals surface area contributed by atoms with Crippen LogP contribution in [0, 0.1) is 12.8 Å². The van der Waals surface area contributed by atoms with E-state index in [1.807, 2.05) is 29.8 Å². The number of nitrogens with zero attached hydrogens (tertiary/aromatic N) is 5. The van der Waals surface area contributed by atoms with Crippen molar-refractivity contribution in [1.29, 1.82) is 0 Å². The van der Waals surface area contributed by atoms with E-state index in [0.717, 1.165) is 54.6 Å². The molecule has 3 aromatic heterocycles. The number of urea groups is 1. The number of fused-ring (bicyclic) bond motifs is 1. The van der Waals surface area contributed by atoms with Crippen molar-refractivity contribution in [2.75, 3.05) is 25.5 Å². The Bertz CT molecular complexity index is 1300. The van der Waals surface area contributed by atoms with E-state index in [2.05, 4.69) is 68.0 Å². The molecule has 1 saturated heterocycles. The Balaban J connectivity index is 1.20. The van der Waals surface area contributed by atoms with Gasteiger partial charge in [-0.1, -0.05) is 30.3 Å². The second-order valence-electron chi connectivity index (χ2n) is 9.40. The number of pyridine rings is 2. The number of nitrogens with one attached hydrogen (secondary N) is 2. The Morgan fingerprint density at radius 1 is 1.09 bits per heavy atom. The molecule has 0 unspecified atom stereocenters. The highest BCUT2D eigenvalue weighted by Crippen LogP contribution is 2.23. The van der Waals surface area contributed by atoms with Gasteiger partial charge in [0.25, 0.3) is 0 Å². The van der Waals surface area contributed by atoms with Gasteiger partial charge in [0, 0.05) is 36.4 Å². The van der Waals surface area contributed by atoms with E-state index >= 15 is 0 Å². The van der Waals surface area contributed by atoms with Crippen molar-refractivity contribution in [3.8, 4) is 5.69 Å². The standard InChI is InChI=1S/C27H31N7O/c1-19-13-23(11-12-28-19)34-25-16-29-26(14-22(25)15-30-34)32-27(35)31-24-18-33(2)17-21(24)10-6-9-20-7-4-3-5-8-20/h3-5,7-8,11-16,21,24H,6,9-10,17-18H2,1-2H3,(H2,29,31,32,35)/t21-,24-/m0/s1. The number of carbonyl (C=O) groups excluding carboxylic acids is 1. The van der Waals surface area contributed by atoms with Crippen LogP contribution in [0.2, 0.25) is 0 Å². The number of aromatic nitrogens is 4. The molecule has 0 spiro atoms. The molecule has 2 N–H and O–H groups in total. The van der Waals surface area contributed by atoms with Crippen LogP contribution in [0.15, 0.2) is 67.1 Å². The first-order chi connectivity index (χ1) is 17.0. The molecular formula is C27H31N7O. The minimum Gasteiger partial charge on any atom is -0.333 e. The molecule has 1 aromatic carbocycles. The Morgan fingerprint density at radius 3 is 2.77 bits per heavy atom. The third kappa shape index (κ3) is 5.49. The van der Waals surface area contributed by atoms with Crippen LogP contribution in [0.3, 0.4) is 0 Å². The van der Waals surface area contributed by atoms with Crippen molar-refractivity contribution in [2.45, 2.75) is 32.2 Å². The van der Waals surface area contributed by atoms with Gasteiger partial charge in [-0.2, -0.15) is 5.10 Å². The Morgan fingerprint density at radius 2 is 1.94 bits per heavy atom. The Hall–Kier alpha value is -3.78. The van der Waals surface area contributed by atoms with E-state index in [-0.39, 0.29) is 12.1 Å². The van der Waals surface area contributed by atoms with Gasteiger partial charge in [-0.15, -0.1) is 0 Å². The van der Waals surface area contributed by atoms with Gasteiger partial charge in [-0.25, -0.2) is 14.5 Å². The number of carbonyl (C=O) groups is 1.